The second-order valence-electron chi connectivity index (χ2n) is 29.6. The molecule has 19 heteroatoms. The van der Waals surface area contributed by atoms with E-state index in [9.17, 15) is 43.2 Å². The minimum absolute atomic E-state index is 0.108. The van der Waals surface area contributed by atoms with Gasteiger partial charge in [-0.05, 0) is 31.6 Å². The highest BCUT2D eigenvalue weighted by Crippen LogP contribution is 2.45. The van der Waals surface area contributed by atoms with Crippen molar-refractivity contribution in [3.63, 3.8) is 0 Å². The first kappa shape index (κ1) is 98.1. The van der Waals surface area contributed by atoms with Crippen molar-refractivity contribution in [2.45, 2.75) is 451 Å². The molecule has 0 saturated heterocycles. The first-order chi connectivity index (χ1) is 48.5. The molecule has 0 bridgehead atoms. The topological polar surface area (TPSA) is 237 Å². The summed E-state index contributed by atoms with van der Waals surface area (Å²) in [5.41, 5.74) is 0. The van der Waals surface area contributed by atoms with E-state index in [1.54, 1.807) is 0 Å². The Hall–Kier alpha value is -1.94. The largest absolute Gasteiger partial charge is 0.472 e. The summed E-state index contributed by atoms with van der Waals surface area (Å²) in [6.45, 7) is 7.36. The standard InChI is InChI=1S/C81H158O17P2/c1-6-9-12-15-18-21-24-27-29-31-35-40-45-50-55-60-65-79(84)92-71-77(98-81(86)67-62-57-52-47-42-37-33-34-38-43-48-53-58-63-74(4)5)73-96-100(89,90)94-69-75(82)68-93-99(87,88)95-72-76(70-91-78(83)64-59-54-49-44-39-26-23-20-17-14-11-8-3)97-80(85)66-61-56-51-46-41-36-32-30-28-25-22-19-16-13-10-7-2/h74-77,82H,6-73H2,1-5H3,(H,87,88)(H,89,90)/t75-,76+,77+/m0/s1. The van der Waals surface area contributed by atoms with Gasteiger partial charge < -0.3 is 33.8 Å². The number of esters is 4. The summed E-state index contributed by atoms with van der Waals surface area (Å²) in [4.78, 5) is 73.1. The number of phosphoric acid groups is 2. The third kappa shape index (κ3) is 74.3. The SMILES string of the molecule is CCCCCCCCCCCCCCCCCCC(=O)OC[C@H](COP(=O)(O)OC[C@@H](O)COP(=O)(O)OC[C@@H](COC(=O)CCCCCCCCCCCCCC)OC(=O)CCCCCCCCCCCCCCCCCC)OC(=O)CCCCCCCCCCCCCCCC(C)C. The maximum atomic E-state index is 13.1. The molecule has 3 N–H and O–H groups in total. The predicted octanol–water partition coefficient (Wildman–Crippen LogP) is 24.4. The molecule has 2 unspecified atom stereocenters. The van der Waals surface area contributed by atoms with Crippen molar-refractivity contribution in [1.82, 2.24) is 0 Å². The Morgan fingerprint density at radius 2 is 0.460 bits per heavy atom. The van der Waals surface area contributed by atoms with Crippen LogP contribution in [0.1, 0.15) is 433 Å². The van der Waals surface area contributed by atoms with Gasteiger partial charge in [0.2, 0.25) is 0 Å². The van der Waals surface area contributed by atoms with Gasteiger partial charge in [-0.15, -0.1) is 0 Å². The van der Waals surface area contributed by atoms with Crippen LogP contribution >= 0.6 is 15.6 Å². The number of rotatable bonds is 81. The molecule has 0 aromatic carbocycles. The maximum Gasteiger partial charge on any atom is 0.472 e. The average Bonchev–Trinajstić information content (AvgIpc) is 0.945. The number of phosphoric ester groups is 2. The van der Waals surface area contributed by atoms with E-state index in [0.29, 0.717) is 25.7 Å². The fourth-order valence-electron chi connectivity index (χ4n) is 12.6. The van der Waals surface area contributed by atoms with Crippen molar-refractivity contribution in [1.29, 1.82) is 0 Å². The number of aliphatic hydroxyl groups excluding tert-OH is 1. The molecule has 0 fully saturated rings. The Labute approximate surface area is 613 Å². The van der Waals surface area contributed by atoms with E-state index >= 15 is 0 Å². The molecule has 0 rings (SSSR count). The van der Waals surface area contributed by atoms with Crippen LogP contribution in [0.4, 0.5) is 0 Å². The predicted molar refractivity (Wildman–Crippen MR) is 409 cm³/mol. The first-order valence-electron chi connectivity index (χ1n) is 42.1. The molecule has 0 aromatic heterocycles. The van der Waals surface area contributed by atoms with Crippen molar-refractivity contribution in [3.05, 3.63) is 0 Å². The zero-order valence-corrected chi connectivity index (χ0v) is 67.1. The van der Waals surface area contributed by atoms with Gasteiger partial charge in [0, 0.05) is 25.7 Å². The quantitative estimate of drug-likeness (QED) is 0.0222. The molecule has 0 heterocycles. The second kappa shape index (κ2) is 73.9. The van der Waals surface area contributed by atoms with Gasteiger partial charge >= 0.3 is 39.5 Å². The molecular formula is C81H158O17P2. The second-order valence-corrected chi connectivity index (χ2v) is 32.5. The van der Waals surface area contributed by atoms with Crippen molar-refractivity contribution in [2.75, 3.05) is 39.6 Å². The van der Waals surface area contributed by atoms with Crippen molar-refractivity contribution < 1.29 is 80.2 Å². The normalized spacial score (nSPS) is 13.8. The zero-order chi connectivity index (χ0) is 73.4. The molecule has 17 nitrogen and oxygen atoms in total. The fraction of sp³-hybridized carbons (Fsp3) is 0.951. The van der Waals surface area contributed by atoms with E-state index in [0.717, 1.165) is 95.8 Å². The summed E-state index contributed by atoms with van der Waals surface area (Å²) in [7, 11) is -9.92. The van der Waals surface area contributed by atoms with E-state index < -0.39 is 97.5 Å². The van der Waals surface area contributed by atoms with Crippen LogP contribution in [0.25, 0.3) is 0 Å². The van der Waals surface area contributed by atoms with E-state index in [-0.39, 0.29) is 25.7 Å². The van der Waals surface area contributed by atoms with Crippen LogP contribution in [0.5, 0.6) is 0 Å². The maximum absolute atomic E-state index is 13.1. The Balaban J connectivity index is 5.26. The summed E-state index contributed by atoms with van der Waals surface area (Å²) in [5.74, 6) is -1.32. The lowest BCUT2D eigenvalue weighted by Crippen LogP contribution is -2.30. The highest BCUT2D eigenvalue weighted by Gasteiger charge is 2.30. The van der Waals surface area contributed by atoms with Crippen LogP contribution in [0, 0.1) is 5.92 Å². The number of hydrogen-bond acceptors (Lipinski definition) is 15. The molecule has 0 aromatic rings. The first-order valence-corrected chi connectivity index (χ1v) is 45.1. The molecule has 0 spiro atoms. The van der Waals surface area contributed by atoms with Gasteiger partial charge in [-0.2, -0.15) is 0 Å². The lowest BCUT2D eigenvalue weighted by Gasteiger charge is -2.21. The molecule has 0 amide bonds. The lowest BCUT2D eigenvalue weighted by atomic mass is 10.0. The molecule has 0 radical (unpaired) electrons. The summed E-state index contributed by atoms with van der Waals surface area (Å²) in [6.07, 6.45) is 65.0. The van der Waals surface area contributed by atoms with Crippen LogP contribution in [0.3, 0.4) is 0 Å². The molecule has 100 heavy (non-hydrogen) atoms. The number of aliphatic hydroxyl groups is 1. The van der Waals surface area contributed by atoms with Gasteiger partial charge in [0.25, 0.3) is 0 Å². The molecule has 594 valence electrons. The van der Waals surface area contributed by atoms with Crippen LogP contribution in [-0.2, 0) is 65.4 Å². The molecular weight excluding hydrogens is 1310 g/mol. The fourth-order valence-corrected chi connectivity index (χ4v) is 14.2. The van der Waals surface area contributed by atoms with E-state index in [1.807, 2.05) is 0 Å². The van der Waals surface area contributed by atoms with E-state index in [2.05, 4.69) is 34.6 Å². The number of carbonyl (C=O) groups excluding carboxylic acids is 4. The monoisotopic (exact) mass is 1470 g/mol. The number of carbonyl (C=O) groups is 4. The highest BCUT2D eigenvalue weighted by atomic mass is 31.2. The third-order valence-corrected chi connectivity index (χ3v) is 20.9. The molecule has 0 aliphatic rings. The summed E-state index contributed by atoms with van der Waals surface area (Å²) < 4.78 is 68.8. The number of unbranched alkanes of at least 4 members (excludes halogenated alkanes) is 53. The molecule has 0 aliphatic heterocycles. The van der Waals surface area contributed by atoms with Gasteiger partial charge in [0.05, 0.1) is 26.4 Å². The Bertz CT molecular complexity index is 1910. The summed E-state index contributed by atoms with van der Waals surface area (Å²) in [5, 5.41) is 10.6. The van der Waals surface area contributed by atoms with Crippen molar-refractivity contribution in [3.8, 4) is 0 Å². The van der Waals surface area contributed by atoms with Crippen molar-refractivity contribution >= 4 is 39.5 Å². The van der Waals surface area contributed by atoms with Gasteiger partial charge in [-0.3, -0.25) is 37.3 Å². The Morgan fingerprint density at radius 3 is 0.680 bits per heavy atom. The Morgan fingerprint density at radius 1 is 0.270 bits per heavy atom. The number of ether oxygens (including phenoxy) is 4. The zero-order valence-electron chi connectivity index (χ0n) is 65.3. The van der Waals surface area contributed by atoms with Gasteiger partial charge in [-0.25, -0.2) is 9.13 Å². The van der Waals surface area contributed by atoms with Crippen LogP contribution in [0.2, 0.25) is 0 Å². The minimum atomic E-state index is -4.96. The molecule has 0 saturated carbocycles. The Kier molecular flexibility index (Phi) is 72.5. The minimum Gasteiger partial charge on any atom is -0.462 e. The van der Waals surface area contributed by atoms with E-state index in [1.165, 1.54) is 257 Å². The van der Waals surface area contributed by atoms with Gasteiger partial charge in [0.1, 0.15) is 19.3 Å². The van der Waals surface area contributed by atoms with Crippen LogP contribution in [0.15, 0.2) is 0 Å². The van der Waals surface area contributed by atoms with Gasteiger partial charge in [0.15, 0.2) is 12.2 Å². The van der Waals surface area contributed by atoms with E-state index in [4.69, 9.17) is 37.0 Å². The summed E-state index contributed by atoms with van der Waals surface area (Å²) in [6, 6.07) is 0. The highest BCUT2D eigenvalue weighted by molar-refractivity contribution is 7.47. The average molecular weight is 1470 g/mol. The van der Waals surface area contributed by atoms with Crippen LogP contribution < -0.4 is 0 Å². The van der Waals surface area contributed by atoms with Crippen LogP contribution in [-0.4, -0.2) is 96.7 Å². The number of hydrogen-bond donors (Lipinski definition) is 3. The van der Waals surface area contributed by atoms with Crippen molar-refractivity contribution in [2.24, 2.45) is 5.92 Å². The van der Waals surface area contributed by atoms with Gasteiger partial charge in [-0.1, -0.05) is 381 Å². The smallest absolute Gasteiger partial charge is 0.462 e. The molecule has 0 aliphatic carbocycles. The third-order valence-electron chi connectivity index (χ3n) is 19.0. The lowest BCUT2D eigenvalue weighted by molar-refractivity contribution is -0.161. The summed E-state index contributed by atoms with van der Waals surface area (Å²) >= 11 is 0. The molecule has 5 atom stereocenters.